The molecule has 0 unspecified atom stereocenters. The molecule has 2 bridgehead atoms. The third-order valence-electron chi connectivity index (χ3n) is 9.71. The maximum absolute atomic E-state index is 12.3. The Morgan fingerprint density at radius 1 is 1.07 bits per heavy atom. The van der Waals surface area contributed by atoms with E-state index >= 15 is 0 Å². The van der Waals surface area contributed by atoms with Gasteiger partial charge in [-0.3, -0.25) is 4.79 Å². The Kier molecular flexibility index (Phi) is 4.02. The molecule has 1 spiro atoms. The Morgan fingerprint density at radius 3 is 2.43 bits per heavy atom. The predicted octanol–water partition coefficient (Wildman–Crippen LogP) is 5.73. The molecule has 6 rings (SSSR count). The maximum Gasteiger partial charge on any atom is 0.309 e. The van der Waals surface area contributed by atoms with Crippen LogP contribution in [0.2, 0.25) is 0 Å². The van der Waals surface area contributed by atoms with Crippen molar-refractivity contribution in [2.24, 2.45) is 28.6 Å². The summed E-state index contributed by atoms with van der Waals surface area (Å²) >= 11 is 0. The second-order valence-electron chi connectivity index (χ2n) is 11.2. The van der Waals surface area contributed by atoms with Crippen LogP contribution in [0.5, 0.6) is 11.5 Å². The third-order valence-corrected chi connectivity index (χ3v) is 9.71. The van der Waals surface area contributed by atoms with E-state index < -0.39 is 11.4 Å². The second-order valence-corrected chi connectivity index (χ2v) is 11.2. The summed E-state index contributed by atoms with van der Waals surface area (Å²) in [5, 5.41) is 32.0. The number of benzene rings is 1. The van der Waals surface area contributed by atoms with Crippen LogP contribution in [0.1, 0.15) is 83.3 Å². The minimum absolute atomic E-state index is 0.0868. The van der Waals surface area contributed by atoms with Crippen molar-refractivity contribution in [1.82, 2.24) is 0 Å². The number of aliphatic carboxylic acids is 1. The first kappa shape index (κ1) is 20.0. The summed E-state index contributed by atoms with van der Waals surface area (Å²) in [6.45, 7) is 8.72. The van der Waals surface area contributed by atoms with Gasteiger partial charge in [0.2, 0.25) is 0 Å². The van der Waals surface area contributed by atoms with Gasteiger partial charge in [-0.1, -0.05) is 38.8 Å². The van der Waals surface area contributed by atoms with Crippen LogP contribution in [0.4, 0.5) is 0 Å². The standard InChI is InChI=1S/C26H34O4/c1-14(2)16-13-26-11-8-19-24(3,9-5-10-25(19,4)23(29)30)20(26)12-15(16)21-17(27)6-7-18(28)22(21)26/h6-7,13-15,19-20,27-28H,5,8-12H2,1-4H3,(H,29,30)/t15-,19+,20-,24-,25+,26-/m0/s1. The van der Waals surface area contributed by atoms with Crippen molar-refractivity contribution >= 4 is 5.97 Å². The van der Waals surface area contributed by atoms with Crippen LogP contribution in [-0.4, -0.2) is 21.3 Å². The molecule has 162 valence electrons. The predicted molar refractivity (Wildman–Crippen MR) is 116 cm³/mol. The van der Waals surface area contributed by atoms with Crippen molar-refractivity contribution in [2.45, 2.75) is 77.6 Å². The molecule has 2 fully saturated rings. The van der Waals surface area contributed by atoms with Gasteiger partial charge in [0.15, 0.2) is 0 Å². The normalized spacial score (nSPS) is 41.6. The average Bonchev–Trinajstić information content (AvgIpc) is 2.69. The van der Waals surface area contributed by atoms with Gasteiger partial charge in [0, 0.05) is 22.5 Å². The molecule has 1 aromatic rings. The van der Waals surface area contributed by atoms with Crippen LogP contribution in [0.25, 0.3) is 0 Å². The van der Waals surface area contributed by atoms with Crippen LogP contribution in [-0.2, 0) is 10.2 Å². The van der Waals surface area contributed by atoms with Crippen LogP contribution in [0.3, 0.4) is 0 Å². The van der Waals surface area contributed by atoms with Crippen LogP contribution in [0, 0.1) is 28.6 Å². The van der Waals surface area contributed by atoms with E-state index in [1.165, 1.54) is 5.57 Å². The molecule has 4 nitrogen and oxygen atoms in total. The van der Waals surface area contributed by atoms with E-state index in [0.29, 0.717) is 11.7 Å². The Labute approximate surface area is 179 Å². The first-order valence-corrected chi connectivity index (χ1v) is 11.6. The highest BCUT2D eigenvalue weighted by atomic mass is 16.4. The van der Waals surface area contributed by atoms with E-state index in [4.69, 9.17) is 0 Å². The first-order valence-electron chi connectivity index (χ1n) is 11.6. The number of carbonyl (C=O) groups is 1. The Morgan fingerprint density at radius 2 is 1.77 bits per heavy atom. The number of phenolic OH excluding ortho intramolecular Hbond substituents is 2. The summed E-state index contributed by atoms with van der Waals surface area (Å²) in [4.78, 5) is 12.3. The van der Waals surface area contributed by atoms with Gasteiger partial charge < -0.3 is 15.3 Å². The average molecular weight is 411 g/mol. The van der Waals surface area contributed by atoms with E-state index in [2.05, 4.69) is 26.8 Å². The van der Waals surface area contributed by atoms with Gasteiger partial charge in [0.1, 0.15) is 11.5 Å². The topological polar surface area (TPSA) is 77.8 Å². The molecule has 5 aliphatic rings. The Balaban J connectivity index is 1.74. The Bertz CT molecular complexity index is 962. The number of rotatable bonds is 2. The Hall–Kier alpha value is -1.97. The number of hydrogen-bond donors (Lipinski definition) is 3. The summed E-state index contributed by atoms with van der Waals surface area (Å²) in [7, 11) is 0. The summed E-state index contributed by atoms with van der Waals surface area (Å²) in [5.41, 5.74) is 2.15. The minimum atomic E-state index is -0.681. The molecule has 0 aliphatic heterocycles. The van der Waals surface area contributed by atoms with Gasteiger partial charge in [-0.15, -0.1) is 0 Å². The maximum atomic E-state index is 12.3. The van der Waals surface area contributed by atoms with Gasteiger partial charge in [0.05, 0.1) is 5.41 Å². The zero-order valence-corrected chi connectivity index (χ0v) is 18.5. The lowest BCUT2D eigenvalue weighted by molar-refractivity contribution is -0.171. The van der Waals surface area contributed by atoms with E-state index in [-0.39, 0.29) is 34.3 Å². The molecule has 1 aromatic carbocycles. The monoisotopic (exact) mass is 410 g/mol. The fourth-order valence-corrected chi connectivity index (χ4v) is 8.47. The number of carboxylic acids is 1. The number of phenols is 2. The molecule has 6 atom stereocenters. The van der Waals surface area contributed by atoms with Gasteiger partial charge in [-0.2, -0.15) is 0 Å². The van der Waals surface area contributed by atoms with E-state index in [0.717, 1.165) is 49.7 Å². The van der Waals surface area contributed by atoms with Gasteiger partial charge in [-0.25, -0.2) is 0 Å². The van der Waals surface area contributed by atoms with Crippen LogP contribution in [0.15, 0.2) is 23.8 Å². The van der Waals surface area contributed by atoms with Crippen molar-refractivity contribution < 1.29 is 20.1 Å². The largest absolute Gasteiger partial charge is 0.508 e. The summed E-state index contributed by atoms with van der Waals surface area (Å²) in [6.07, 6.45) is 7.79. The molecule has 0 radical (unpaired) electrons. The molecule has 0 saturated heterocycles. The molecule has 30 heavy (non-hydrogen) atoms. The fourth-order valence-electron chi connectivity index (χ4n) is 8.47. The molecule has 0 heterocycles. The van der Waals surface area contributed by atoms with Crippen LogP contribution < -0.4 is 0 Å². The summed E-state index contributed by atoms with van der Waals surface area (Å²) in [6, 6.07) is 3.27. The lowest BCUT2D eigenvalue weighted by atomic mass is 9.37. The number of hydrogen-bond acceptors (Lipinski definition) is 3. The van der Waals surface area contributed by atoms with E-state index in [1.54, 1.807) is 12.1 Å². The van der Waals surface area contributed by atoms with Crippen molar-refractivity contribution in [3.8, 4) is 11.5 Å². The van der Waals surface area contributed by atoms with Gasteiger partial charge in [0.25, 0.3) is 0 Å². The third kappa shape index (κ3) is 2.20. The highest BCUT2D eigenvalue weighted by molar-refractivity contribution is 5.75. The van der Waals surface area contributed by atoms with Crippen molar-refractivity contribution in [3.63, 3.8) is 0 Å². The molecule has 0 amide bonds. The molecule has 4 heteroatoms. The summed E-state index contributed by atoms with van der Waals surface area (Å²) in [5.74, 6) is 0.838. The quantitative estimate of drug-likeness (QED) is 0.430. The van der Waals surface area contributed by atoms with Crippen molar-refractivity contribution in [2.75, 3.05) is 0 Å². The van der Waals surface area contributed by atoms with Crippen molar-refractivity contribution in [3.05, 3.63) is 34.9 Å². The lowest BCUT2D eigenvalue weighted by Gasteiger charge is -2.66. The first-order chi connectivity index (χ1) is 14.1. The highest BCUT2D eigenvalue weighted by Crippen LogP contribution is 2.73. The molecule has 5 aliphatic carbocycles. The number of allylic oxidation sites excluding steroid dienone is 2. The minimum Gasteiger partial charge on any atom is -0.508 e. The zero-order valence-electron chi connectivity index (χ0n) is 18.5. The van der Waals surface area contributed by atoms with Crippen LogP contribution >= 0.6 is 0 Å². The van der Waals surface area contributed by atoms with E-state index in [1.807, 2.05) is 6.92 Å². The number of aromatic hydroxyl groups is 2. The van der Waals surface area contributed by atoms with Gasteiger partial charge in [-0.05, 0) is 74.3 Å². The fraction of sp³-hybridized carbons (Fsp3) is 0.654. The van der Waals surface area contributed by atoms with E-state index in [9.17, 15) is 20.1 Å². The number of fused-ring (bicyclic) bond motifs is 1. The second kappa shape index (κ2) is 6.05. The van der Waals surface area contributed by atoms with Crippen molar-refractivity contribution in [1.29, 1.82) is 0 Å². The summed E-state index contributed by atoms with van der Waals surface area (Å²) < 4.78 is 0. The highest BCUT2D eigenvalue weighted by Gasteiger charge is 2.66. The molecule has 0 aromatic heterocycles. The number of carboxylic acid groups (broad SMARTS) is 1. The molecule has 2 saturated carbocycles. The van der Waals surface area contributed by atoms with Gasteiger partial charge >= 0.3 is 5.97 Å². The molecular formula is C26H34O4. The smallest absolute Gasteiger partial charge is 0.309 e. The SMILES string of the molecule is CC(C)C1=C[C@@]23CC[C@@H]4[C@](C)(CCC[C@@]4(C)C(=O)O)[C@@H]2C[C@@H]1c1c(O)ccc(O)c13. The molecular weight excluding hydrogens is 376 g/mol. The molecule has 3 N–H and O–H groups in total. The lowest BCUT2D eigenvalue weighted by Crippen LogP contribution is -2.61. The zero-order chi connectivity index (χ0) is 21.6.